The summed E-state index contributed by atoms with van der Waals surface area (Å²) in [6.07, 6.45) is -3.46. The van der Waals surface area contributed by atoms with Crippen LogP contribution < -0.4 is 0 Å². The van der Waals surface area contributed by atoms with Crippen LogP contribution in [0.2, 0.25) is 0 Å². The first kappa shape index (κ1) is 25.1. The van der Waals surface area contributed by atoms with Gasteiger partial charge in [-0.05, 0) is 27.7 Å². The van der Waals surface area contributed by atoms with Gasteiger partial charge >= 0.3 is 25.5 Å². The highest BCUT2D eigenvalue weighted by Crippen LogP contribution is 2.61. The van der Waals surface area contributed by atoms with Crippen molar-refractivity contribution in [2.75, 3.05) is 6.61 Å². The topological polar surface area (TPSA) is 124 Å². The lowest BCUT2D eigenvalue weighted by Gasteiger charge is -2.38. The molecule has 0 N–H and O–H groups in total. The molecule has 1 unspecified atom stereocenters. The number of hydrogen-bond donors (Lipinski definition) is 0. The van der Waals surface area contributed by atoms with E-state index in [9.17, 15) is 18.9 Å². The highest BCUT2D eigenvalue weighted by Gasteiger charge is 2.50. The first-order valence-electron chi connectivity index (χ1n) is 9.16. The second kappa shape index (κ2) is 10.8. The van der Waals surface area contributed by atoms with E-state index in [0.29, 0.717) is 0 Å². The number of carbonyl (C=O) groups is 3. The summed E-state index contributed by atoms with van der Waals surface area (Å²) >= 11 is 0. The molecule has 0 aromatic carbocycles. The van der Waals surface area contributed by atoms with Crippen molar-refractivity contribution >= 4 is 25.5 Å². The smallest absolute Gasteiger partial charge is 0.364 e. The Morgan fingerprint density at radius 1 is 0.966 bits per heavy atom. The van der Waals surface area contributed by atoms with Gasteiger partial charge in [0.1, 0.15) is 11.9 Å². The van der Waals surface area contributed by atoms with Gasteiger partial charge < -0.3 is 28.0 Å². The van der Waals surface area contributed by atoms with Crippen molar-refractivity contribution < 1.29 is 46.9 Å². The summed E-state index contributed by atoms with van der Waals surface area (Å²) in [4.78, 5) is 34.6. The van der Waals surface area contributed by atoms with Gasteiger partial charge in [-0.15, -0.1) is 0 Å². The average molecular weight is 436 g/mol. The molecular formula is C18H29O10P. The van der Waals surface area contributed by atoms with Crippen LogP contribution in [0, 0.1) is 0 Å². The molecule has 0 saturated heterocycles. The van der Waals surface area contributed by atoms with Crippen LogP contribution in [-0.4, -0.2) is 55.0 Å². The van der Waals surface area contributed by atoms with Gasteiger partial charge in [0.05, 0.1) is 18.5 Å². The van der Waals surface area contributed by atoms with E-state index in [1.807, 2.05) is 0 Å². The quantitative estimate of drug-likeness (QED) is 0.303. The summed E-state index contributed by atoms with van der Waals surface area (Å²) in [5.74, 6) is -1.99. The van der Waals surface area contributed by atoms with Crippen LogP contribution in [0.4, 0.5) is 0 Å². The van der Waals surface area contributed by atoms with Gasteiger partial charge in [-0.25, -0.2) is 0 Å². The summed E-state index contributed by atoms with van der Waals surface area (Å²) in [7, 11) is -4.00. The largest absolute Gasteiger partial charge is 0.490 e. The number of ether oxygens (including phenoxy) is 4. The first-order chi connectivity index (χ1) is 13.4. The molecule has 0 aromatic heterocycles. The zero-order valence-corrected chi connectivity index (χ0v) is 18.6. The predicted octanol–water partition coefficient (Wildman–Crippen LogP) is 2.70. The fourth-order valence-corrected chi connectivity index (χ4v) is 4.66. The third-order valence-electron chi connectivity index (χ3n) is 3.38. The fourth-order valence-electron chi connectivity index (χ4n) is 2.56. The van der Waals surface area contributed by atoms with Gasteiger partial charge in [0, 0.05) is 20.8 Å². The minimum Gasteiger partial charge on any atom is -0.490 e. The summed E-state index contributed by atoms with van der Waals surface area (Å²) in [6.45, 7) is 9.87. The van der Waals surface area contributed by atoms with Crippen molar-refractivity contribution in [3.05, 3.63) is 11.6 Å². The molecule has 0 fully saturated rings. The molecule has 3 atom stereocenters. The molecule has 166 valence electrons. The van der Waals surface area contributed by atoms with Crippen LogP contribution in [0.5, 0.6) is 0 Å². The van der Waals surface area contributed by atoms with Crippen LogP contribution in [0.3, 0.4) is 0 Å². The normalized spacial score (nSPS) is 22.0. The lowest BCUT2D eigenvalue weighted by molar-refractivity contribution is -0.179. The van der Waals surface area contributed by atoms with Crippen molar-refractivity contribution in [1.29, 1.82) is 0 Å². The van der Waals surface area contributed by atoms with Crippen LogP contribution in [0.1, 0.15) is 48.5 Å². The molecule has 0 aliphatic carbocycles. The third kappa shape index (κ3) is 7.79. The number of hydrogen-bond acceptors (Lipinski definition) is 10. The molecular weight excluding hydrogens is 407 g/mol. The zero-order valence-electron chi connectivity index (χ0n) is 17.7. The molecule has 29 heavy (non-hydrogen) atoms. The molecule has 1 aliphatic heterocycles. The number of carbonyl (C=O) groups excluding carboxylic acids is 3. The van der Waals surface area contributed by atoms with Crippen LogP contribution >= 0.6 is 7.60 Å². The van der Waals surface area contributed by atoms with Crippen LogP contribution in [0.15, 0.2) is 11.6 Å². The molecule has 1 aliphatic rings. The highest BCUT2D eigenvalue weighted by molar-refractivity contribution is 7.58. The average Bonchev–Trinajstić information content (AvgIpc) is 2.52. The van der Waals surface area contributed by atoms with E-state index >= 15 is 0 Å². The van der Waals surface area contributed by atoms with E-state index in [2.05, 4.69) is 0 Å². The van der Waals surface area contributed by atoms with Crippen LogP contribution in [-0.2, 0) is 46.9 Å². The highest BCUT2D eigenvalue weighted by atomic mass is 31.2. The Morgan fingerprint density at radius 2 is 1.48 bits per heavy atom. The van der Waals surface area contributed by atoms with E-state index in [1.54, 1.807) is 27.7 Å². The fraction of sp³-hybridized carbons (Fsp3) is 0.722. The summed E-state index contributed by atoms with van der Waals surface area (Å²) in [5, 5.41) is -0.111. The first-order valence-corrected chi connectivity index (χ1v) is 10.7. The van der Waals surface area contributed by atoms with E-state index in [-0.39, 0.29) is 11.9 Å². The lowest BCUT2D eigenvalue weighted by atomic mass is 10.1. The summed E-state index contributed by atoms with van der Waals surface area (Å²) in [6, 6.07) is 0. The molecule has 0 spiro atoms. The second-order valence-electron chi connectivity index (χ2n) is 6.93. The Morgan fingerprint density at radius 3 is 1.90 bits per heavy atom. The van der Waals surface area contributed by atoms with E-state index < -0.39 is 56.0 Å². The van der Waals surface area contributed by atoms with Crippen molar-refractivity contribution in [3.8, 4) is 0 Å². The molecule has 0 amide bonds. The van der Waals surface area contributed by atoms with Gasteiger partial charge in [-0.1, -0.05) is 0 Å². The summed E-state index contributed by atoms with van der Waals surface area (Å²) in [5.41, 5.74) is 0. The Labute approximate surface area is 170 Å². The van der Waals surface area contributed by atoms with Crippen LogP contribution in [0.25, 0.3) is 0 Å². The van der Waals surface area contributed by atoms with Crippen molar-refractivity contribution in [3.63, 3.8) is 0 Å². The van der Waals surface area contributed by atoms with Crippen molar-refractivity contribution in [2.45, 2.75) is 79.0 Å². The van der Waals surface area contributed by atoms with E-state index in [0.717, 1.165) is 20.1 Å². The zero-order chi connectivity index (χ0) is 22.4. The van der Waals surface area contributed by atoms with E-state index in [4.69, 9.17) is 28.0 Å². The third-order valence-corrected chi connectivity index (χ3v) is 5.77. The minimum absolute atomic E-state index is 0.111. The SMILES string of the molecule is CC(=O)OCC1OC=C(P(=O)(OC(C)C)OC(C)C)[C@@H](OC(C)=O)[C@@H]1OC(C)=O. The molecule has 0 bridgehead atoms. The molecule has 0 aromatic rings. The Balaban J connectivity index is 3.43. The van der Waals surface area contributed by atoms with Gasteiger partial charge in [0.15, 0.2) is 18.3 Å². The number of rotatable bonds is 9. The predicted molar refractivity (Wildman–Crippen MR) is 101 cm³/mol. The minimum atomic E-state index is -4.00. The molecule has 11 heteroatoms. The monoisotopic (exact) mass is 436 g/mol. The maximum atomic E-state index is 13.6. The Hall–Kier alpha value is -1.90. The molecule has 0 radical (unpaired) electrons. The number of esters is 3. The maximum absolute atomic E-state index is 13.6. The summed E-state index contributed by atoms with van der Waals surface area (Å²) < 4.78 is 45.8. The van der Waals surface area contributed by atoms with Gasteiger partial charge in [0.2, 0.25) is 0 Å². The lowest BCUT2D eigenvalue weighted by Crippen LogP contribution is -2.49. The molecule has 10 nitrogen and oxygen atoms in total. The second-order valence-corrected chi connectivity index (χ2v) is 8.86. The molecule has 0 saturated carbocycles. The van der Waals surface area contributed by atoms with Crippen molar-refractivity contribution in [2.24, 2.45) is 0 Å². The Bertz CT molecular complexity index is 670. The standard InChI is InChI=1S/C18H29O10P/c1-10(2)27-29(22,28-11(3)4)16-9-24-15(8-23-12(5)19)17(25-13(6)20)18(16)26-14(7)21/h9-11,15,17-18H,8H2,1-7H3/t15?,17-,18-/m1/s1. The molecule has 1 heterocycles. The molecule has 1 rings (SSSR count). The van der Waals surface area contributed by atoms with E-state index in [1.165, 1.54) is 6.92 Å². The maximum Gasteiger partial charge on any atom is 0.364 e. The Kier molecular flexibility index (Phi) is 9.32. The van der Waals surface area contributed by atoms with Gasteiger partial charge in [-0.3, -0.25) is 18.9 Å². The van der Waals surface area contributed by atoms with Crippen molar-refractivity contribution in [1.82, 2.24) is 0 Å². The van der Waals surface area contributed by atoms with Gasteiger partial charge in [-0.2, -0.15) is 0 Å². The van der Waals surface area contributed by atoms with Gasteiger partial charge in [0.25, 0.3) is 0 Å².